The van der Waals surface area contributed by atoms with Crippen LogP contribution in [0.15, 0.2) is 24.3 Å². The van der Waals surface area contributed by atoms with Crippen molar-refractivity contribution in [3.8, 4) is 0 Å². The molecule has 0 bridgehead atoms. The third-order valence-corrected chi connectivity index (χ3v) is 4.23. The van der Waals surface area contributed by atoms with Crippen molar-refractivity contribution in [3.63, 3.8) is 0 Å². The van der Waals surface area contributed by atoms with Gasteiger partial charge >= 0.3 is 0 Å². The fraction of sp³-hybridized carbons (Fsp3) is 0.625. The molecule has 1 heterocycles. The number of halogens is 2. The minimum Gasteiger partial charge on any atom is -0.317 e. The van der Waals surface area contributed by atoms with Crippen LogP contribution in [0.25, 0.3) is 0 Å². The Kier molecular flexibility index (Phi) is 7.49. The zero-order valence-electron chi connectivity index (χ0n) is 12.4. The van der Waals surface area contributed by atoms with Gasteiger partial charge in [-0.15, -0.1) is 12.4 Å². The second-order valence-corrected chi connectivity index (χ2v) is 5.51. The molecule has 20 heavy (non-hydrogen) atoms. The van der Waals surface area contributed by atoms with Gasteiger partial charge in [-0.05, 0) is 69.6 Å². The number of hydrogen-bond donors (Lipinski definition) is 1. The zero-order valence-corrected chi connectivity index (χ0v) is 13.3. The van der Waals surface area contributed by atoms with Crippen LogP contribution < -0.4 is 5.32 Å². The van der Waals surface area contributed by atoms with Crippen molar-refractivity contribution in [1.82, 2.24) is 10.2 Å². The van der Waals surface area contributed by atoms with Gasteiger partial charge in [0.1, 0.15) is 5.82 Å². The molecule has 2 nitrogen and oxygen atoms in total. The Hall–Kier alpha value is -0.640. The minimum absolute atomic E-state index is 0. The second-order valence-electron chi connectivity index (χ2n) is 5.51. The molecule has 1 aromatic rings. The molecule has 2 rings (SSSR count). The van der Waals surface area contributed by atoms with Crippen molar-refractivity contribution in [2.24, 2.45) is 5.92 Å². The van der Waals surface area contributed by atoms with E-state index >= 15 is 0 Å². The third-order valence-electron chi connectivity index (χ3n) is 4.23. The summed E-state index contributed by atoms with van der Waals surface area (Å²) in [4.78, 5) is 2.51. The molecule has 0 spiro atoms. The summed E-state index contributed by atoms with van der Waals surface area (Å²) < 4.78 is 12.9. The first-order valence-corrected chi connectivity index (χ1v) is 7.41. The molecule has 1 fully saturated rings. The molecule has 0 amide bonds. The Morgan fingerprint density at radius 2 is 1.85 bits per heavy atom. The maximum atomic E-state index is 12.9. The molecular weight excluding hydrogens is 275 g/mol. The van der Waals surface area contributed by atoms with Gasteiger partial charge in [0.15, 0.2) is 0 Å². The SMILES string of the molecule is CCNCC1CCN(C(C)c2ccc(F)cc2)CC1.Cl. The summed E-state index contributed by atoms with van der Waals surface area (Å²) in [5.74, 6) is 0.664. The fourth-order valence-corrected chi connectivity index (χ4v) is 2.84. The zero-order chi connectivity index (χ0) is 13.7. The summed E-state index contributed by atoms with van der Waals surface area (Å²) in [7, 11) is 0. The lowest BCUT2D eigenvalue weighted by Crippen LogP contribution is -2.38. The number of benzene rings is 1. The van der Waals surface area contributed by atoms with Crippen molar-refractivity contribution in [2.75, 3.05) is 26.2 Å². The maximum Gasteiger partial charge on any atom is 0.123 e. The third kappa shape index (κ3) is 4.72. The normalized spacial score (nSPS) is 18.6. The van der Waals surface area contributed by atoms with Gasteiger partial charge in [0.2, 0.25) is 0 Å². The molecule has 1 aliphatic rings. The highest BCUT2D eigenvalue weighted by Crippen LogP contribution is 2.26. The number of nitrogens with zero attached hydrogens (tertiary/aromatic N) is 1. The largest absolute Gasteiger partial charge is 0.317 e. The molecule has 1 atom stereocenters. The molecule has 114 valence electrons. The van der Waals surface area contributed by atoms with Crippen LogP contribution in [0.1, 0.15) is 38.3 Å². The van der Waals surface area contributed by atoms with Gasteiger partial charge in [0, 0.05) is 6.04 Å². The number of likely N-dealkylation sites (tertiary alicyclic amines) is 1. The highest BCUT2D eigenvalue weighted by atomic mass is 35.5. The van der Waals surface area contributed by atoms with E-state index in [1.807, 2.05) is 12.1 Å². The van der Waals surface area contributed by atoms with Crippen molar-refractivity contribution in [1.29, 1.82) is 0 Å². The summed E-state index contributed by atoms with van der Waals surface area (Å²) in [6, 6.07) is 7.32. The van der Waals surface area contributed by atoms with Crippen LogP contribution in [0.3, 0.4) is 0 Å². The van der Waals surface area contributed by atoms with Crippen LogP contribution in [-0.4, -0.2) is 31.1 Å². The number of rotatable bonds is 5. The first-order chi connectivity index (χ1) is 9.20. The summed E-state index contributed by atoms with van der Waals surface area (Å²) in [5, 5.41) is 3.44. The molecule has 0 aromatic heterocycles. The lowest BCUT2D eigenvalue weighted by atomic mass is 9.94. The van der Waals surface area contributed by atoms with Crippen LogP contribution in [0, 0.1) is 11.7 Å². The smallest absolute Gasteiger partial charge is 0.123 e. The Balaban J connectivity index is 0.00000200. The predicted molar refractivity (Wildman–Crippen MR) is 84.9 cm³/mol. The Labute approximate surface area is 128 Å². The minimum atomic E-state index is -0.153. The molecule has 0 saturated carbocycles. The molecule has 1 aromatic carbocycles. The lowest BCUT2D eigenvalue weighted by Gasteiger charge is -2.36. The van der Waals surface area contributed by atoms with E-state index in [4.69, 9.17) is 0 Å². The van der Waals surface area contributed by atoms with Crippen molar-refractivity contribution < 1.29 is 4.39 Å². The van der Waals surface area contributed by atoms with E-state index in [9.17, 15) is 4.39 Å². The van der Waals surface area contributed by atoms with Crippen molar-refractivity contribution in [3.05, 3.63) is 35.6 Å². The van der Waals surface area contributed by atoms with Crippen LogP contribution >= 0.6 is 12.4 Å². The topological polar surface area (TPSA) is 15.3 Å². The highest BCUT2D eigenvalue weighted by molar-refractivity contribution is 5.85. The molecular formula is C16H26ClFN2. The Morgan fingerprint density at radius 1 is 1.25 bits per heavy atom. The Morgan fingerprint density at radius 3 is 2.40 bits per heavy atom. The van der Waals surface area contributed by atoms with E-state index < -0.39 is 0 Å². The standard InChI is InChI=1S/C16H25FN2.ClH/c1-3-18-12-14-8-10-19(11-9-14)13(2)15-4-6-16(17)7-5-15;/h4-7,13-14,18H,3,8-12H2,1-2H3;1H. The summed E-state index contributed by atoms with van der Waals surface area (Å²) in [6.45, 7) is 8.88. The van der Waals surface area contributed by atoms with Gasteiger partial charge in [-0.2, -0.15) is 0 Å². The average Bonchev–Trinajstić information content (AvgIpc) is 2.46. The average molecular weight is 301 g/mol. The van der Waals surface area contributed by atoms with Gasteiger partial charge in [-0.3, -0.25) is 4.90 Å². The maximum absolute atomic E-state index is 12.9. The van der Waals surface area contributed by atoms with Gasteiger partial charge in [-0.25, -0.2) is 4.39 Å². The van der Waals surface area contributed by atoms with E-state index in [-0.39, 0.29) is 18.2 Å². The van der Waals surface area contributed by atoms with Gasteiger partial charge in [-0.1, -0.05) is 19.1 Å². The molecule has 0 radical (unpaired) electrons. The summed E-state index contributed by atoms with van der Waals surface area (Å²) in [6.07, 6.45) is 2.52. The van der Waals surface area contributed by atoms with Crippen LogP contribution in [-0.2, 0) is 0 Å². The van der Waals surface area contributed by atoms with E-state index in [1.165, 1.54) is 18.4 Å². The van der Waals surface area contributed by atoms with E-state index in [2.05, 4.69) is 24.1 Å². The Bertz CT molecular complexity index is 375. The number of nitrogens with one attached hydrogen (secondary N) is 1. The van der Waals surface area contributed by atoms with E-state index in [0.717, 1.165) is 32.1 Å². The van der Waals surface area contributed by atoms with Crippen LogP contribution in [0.4, 0.5) is 4.39 Å². The van der Waals surface area contributed by atoms with Gasteiger partial charge in [0.05, 0.1) is 0 Å². The summed E-state index contributed by atoms with van der Waals surface area (Å²) >= 11 is 0. The van der Waals surface area contributed by atoms with E-state index in [1.54, 1.807) is 12.1 Å². The predicted octanol–water partition coefficient (Wildman–Crippen LogP) is 3.63. The second kappa shape index (κ2) is 8.60. The van der Waals surface area contributed by atoms with Crippen molar-refractivity contribution >= 4 is 12.4 Å². The van der Waals surface area contributed by atoms with E-state index in [0.29, 0.717) is 6.04 Å². The van der Waals surface area contributed by atoms with Crippen molar-refractivity contribution in [2.45, 2.75) is 32.7 Å². The number of hydrogen-bond acceptors (Lipinski definition) is 2. The molecule has 1 saturated heterocycles. The molecule has 1 N–H and O–H groups in total. The number of piperidine rings is 1. The molecule has 4 heteroatoms. The quantitative estimate of drug-likeness (QED) is 0.893. The highest BCUT2D eigenvalue weighted by Gasteiger charge is 2.23. The first-order valence-electron chi connectivity index (χ1n) is 7.41. The first kappa shape index (κ1) is 17.4. The van der Waals surface area contributed by atoms with Gasteiger partial charge in [0.25, 0.3) is 0 Å². The van der Waals surface area contributed by atoms with Crippen LogP contribution in [0.5, 0.6) is 0 Å². The molecule has 0 aliphatic carbocycles. The monoisotopic (exact) mass is 300 g/mol. The lowest BCUT2D eigenvalue weighted by molar-refractivity contribution is 0.140. The summed E-state index contributed by atoms with van der Waals surface area (Å²) in [5.41, 5.74) is 1.21. The van der Waals surface area contributed by atoms with Crippen LogP contribution in [0.2, 0.25) is 0 Å². The van der Waals surface area contributed by atoms with Gasteiger partial charge < -0.3 is 5.32 Å². The molecule has 1 unspecified atom stereocenters. The fourth-order valence-electron chi connectivity index (χ4n) is 2.84. The molecule has 1 aliphatic heterocycles.